The van der Waals surface area contributed by atoms with E-state index in [1.165, 1.54) is 32.4 Å². The van der Waals surface area contributed by atoms with Gasteiger partial charge in [0.25, 0.3) is 5.91 Å². The van der Waals surface area contributed by atoms with E-state index in [4.69, 9.17) is 0 Å². The highest BCUT2D eigenvalue weighted by Crippen LogP contribution is 2.31. The van der Waals surface area contributed by atoms with Gasteiger partial charge in [-0.1, -0.05) is 18.2 Å². The number of hydrogen-bond acceptors (Lipinski definition) is 3. The fourth-order valence-corrected chi connectivity index (χ4v) is 5.54. The van der Waals surface area contributed by atoms with Gasteiger partial charge in [-0.2, -0.15) is 0 Å². The lowest BCUT2D eigenvalue weighted by Crippen LogP contribution is -3.14. The van der Waals surface area contributed by atoms with E-state index in [2.05, 4.69) is 34.3 Å². The van der Waals surface area contributed by atoms with E-state index in [0.717, 1.165) is 18.5 Å². The van der Waals surface area contributed by atoms with Gasteiger partial charge in [0.1, 0.15) is 11.9 Å². The third-order valence-electron chi connectivity index (χ3n) is 5.04. The van der Waals surface area contributed by atoms with Crippen LogP contribution < -0.4 is 10.2 Å². The minimum atomic E-state index is -0.232. The molecule has 1 amide bonds. The third kappa shape index (κ3) is 4.29. The number of thiophene rings is 2. The van der Waals surface area contributed by atoms with Crippen molar-refractivity contribution in [1.82, 2.24) is 5.32 Å². The van der Waals surface area contributed by atoms with Crippen LogP contribution >= 0.6 is 22.7 Å². The van der Waals surface area contributed by atoms with Crippen molar-refractivity contribution in [2.45, 2.75) is 18.9 Å². The molecule has 1 aliphatic heterocycles. The van der Waals surface area contributed by atoms with Gasteiger partial charge >= 0.3 is 0 Å². The highest BCUT2D eigenvalue weighted by atomic mass is 32.1. The monoisotopic (exact) mass is 401 g/mol. The van der Waals surface area contributed by atoms with Crippen LogP contribution in [0.15, 0.2) is 53.2 Å². The molecule has 27 heavy (non-hydrogen) atoms. The van der Waals surface area contributed by atoms with Crippen LogP contribution in [0.25, 0.3) is 0 Å². The summed E-state index contributed by atoms with van der Waals surface area (Å²) < 4.78 is 13.0. The molecule has 1 unspecified atom stereocenters. The maximum absolute atomic E-state index is 13.0. The van der Waals surface area contributed by atoms with Crippen LogP contribution in [0.1, 0.15) is 26.9 Å². The Labute approximate surface area is 166 Å². The molecule has 2 N–H and O–H groups in total. The fourth-order valence-electron chi connectivity index (χ4n) is 3.72. The Bertz CT molecular complexity index is 889. The summed E-state index contributed by atoms with van der Waals surface area (Å²) >= 11 is 3.59. The molecule has 1 aromatic carbocycles. The Morgan fingerprint density at radius 3 is 2.78 bits per heavy atom. The Hall–Kier alpha value is -2.02. The van der Waals surface area contributed by atoms with Gasteiger partial charge in [0.2, 0.25) is 0 Å². The standard InChI is InChI=1S/C21H21FN2OS2/c22-16-5-3-15(4-6-16)7-10-23-20(25)14-24-11-8-18-17(9-13-27-18)21(24)19-2-1-12-26-19/h1-6,9,12-13,21H,7-8,10-11,14H2,(H,23,25)/p+1/t21-/m1/s1. The van der Waals surface area contributed by atoms with E-state index in [9.17, 15) is 9.18 Å². The van der Waals surface area contributed by atoms with Gasteiger partial charge in [0.15, 0.2) is 6.54 Å². The van der Waals surface area contributed by atoms with Crippen molar-refractivity contribution >= 4 is 28.6 Å². The van der Waals surface area contributed by atoms with Crippen LogP contribution in [-0.2, 0) is 17.6 Å². The van der Waals surface area contributed by atoms with Gasteiger partial charge in [-0.3, -0.25) is 4.79 Å². The highest BCUT2D eigenvalue weighted by molar-refractivity contribution is 7.10. The van der Waals surface area contributed by atoms with Gasteiger partial charge in [-0.05, 0) is 47.0 Å². The van der Waals surface area contributed by atoms with E-state index in [-0.39, 0.29) is 17.8 Å². The molecule has 0 saturated carbocycles. The van der Waals surface area contributed by atoms with Crippen molar-refractivity contribution < 1.29 is 14.1 Å². The first-order valence-corrected chi connectivity index (χ1v) is 10.9. The normalized spacial score (nSPS) is 18.9. The van der Waals surface area contributed by atoms with E-state index >= 15 is 0 Å². The average molecular weight is 402 g/mol. The fraction of sp³-hybridized carbons (Fsp3) is 0.286. The number of benzene rings is 1. The zero-order valence-corrected chi connectivity index (χ0v) is 16.5. The van der Waals surface area contributed by atoms with Crippen LogP contribution in [0.3, 0.4) is 0 Å². The van der Waals surface area contributed by atoms with Crippen molar-refractivity contribution in [3.05, 3.63) is 79.9 Å². The maximum atomic E-state index is 13.0. The van der Waals surface area contributed by atoms with E-state index in [0.29, 0.717) is 19.5 Å². The number of quaternary nitrogens is 1. The summed E-state index contributed by atoms with van der Waals surface area (Å²) in [4.78, 5) is 16.6. The lowest BCUT2D eigenvalue weighted by atomic mass is 9.98. The molecule has 6 heteroatoms. The van der Waals surface area contributed by atoms with Crippen LogP contribution in [0.4, 0.5) is 4.39 Å². The van der Waals surface area contributed by atoms with Gasteiger partial charge in [-0.25, -0.2) is 4.39 Å². The number of carbonyl (C=O) groups excluding carboxylic acids is 1. The zero-order chi connectivity index (χ0) is 18.6. The van der Waals surface area contributed by atoms with Crippen molar-refractivity contribution in [3.63, 3.8) is 0 Å². The second-order valence-electron chi connectivity index (χ2n) is 6.81. The van der Waals surface area contributed by atoms with Crippen molar-refractivity contribution in [2.24, 2.45) is 0 Å². The molecular weight excluding hydrogens is 379 g/mol. The van der Waals surface area contributed by atoms with Gasteiger partial charge in [0, 0.05) is 23.4 Å². The van der Waals surface area contributed by atoms with Crippen LogP contribution in [-0.4, -0.2) is 25.5 Å². The molecule has 140 valence electrons. The molecule has 0 bridgehead atoms. The molecule has 1 aliphatic rings. The van der Waals surface area contributed by atoms with Gasteiger partial charge in [0.05, 0.1) is 11.4 Å². The smallest absolute Gasteiger partial charge is 0.275 e. The largest absolute Gasteiger partial charge is 0.351 e. The lowest BCUT2D eigenvalue weighted by molar-refractivity contribution is -0.919. The molecule has 2 aromatic heterocycles. The van der Waals surface area contributed by atoms with E-state index in [1.54, 1.807) is 23.5 Å². The second kappa shape index (κ2) is 8.33. The van der Waals surface area contributed by atoms with Crippen molar-refractivity contribution in [1.29, 1.82) is 0 Å². The molecule has 0 fully saturated rings. The number of fused-ring (bicyclic) bond motifs is 1. The van der Waals surface area contributed by atoms with Gasteiger partial charge < -0.3 is 10.2 Å². The number of halogens is 1. The topological polar surface area (TPSA) is 33.5 Å². The minimum absolute atomic E-state index is 0.0762. The molecule has 4 rings (SSSR count). The number of carbonyl (C=O) groups is 1. The quantitative estimate of drug-likeness (QED) is 0.654. The highest BCUT2D eigenvalue weighted by Gasteiger charge is 2.34. The summed E-state index contributed by atoms with van der Waals surface area (Å²) in [6, 6.07) is 13.2. The first-order valence-electron chi connectivity index (χ1n) is 9.16. The Kier molecular flexibility index (Phi) is 5.66. The summed E-state index contributed by atoms with van der Waals surface area (Å²) in [7, 11) is 0. The summed E-state index contributed by atoms with van der Waals surface area (Å²) in [6.07, 6.45) is 1.75. The van der Waals surface area contributed by atoms with E-state index in [1.807, 2.05) is 11.3 Å². The van der Waals surface area contributed by atoms with Crippen molar-refractivity contribution in [3.8, 4) is 0 Å². The number of hydrogen-bond donors (Lipinski definition) is 2. The maximum Gasteiger partial charge on any atom is 0.275 e. The first kappa shape index (κ1) is 18.3. The lowest BCUT2D eigenvalue weighted by Gasteiger charge is -2.31. The van der Waals surface area contributed by atoms with E-state index < -0.39 is 0 Å². The summed E-state index contributed by atoms with van der Waals surface area (Å²) in [6.45, 7) is 2.02. The predicted molar refractivity (Wildman–Crippen MR) is 108 cm³/mol. The summed E-state index contributed by atoms with van der Waals surface area (Å²) in [5.41, 5.74) is 2.41. The molecule has 0 spiro atoms. The molecule has 3 aromatic rings. The summed E-state index contributed by atoms with van der Waals surface area (Å²) in [5, 5.41) is 7.30. The van der Waals surface area contributed by atoms with Gasteiger partial charge in [-0.15, -0.1) is 22.7 Å². The average Bonchev–Trinajstić information content (AvgIpc) is 3.35. The SMILES string of the molecule is O=C(C[NH+]1CCc2sccc2[C@@H]1c1cccs1)NCCc1ccc(F)cc1. The Morgan fingerprint density at radius 1 is 1.15 bits per heavy atom. The molecule has 0 aliphatic carbocycles. The second-order valence-corrected chi connectivity index (χ2v) is 8.79. The summed E-state index contributed by atoms with van der Waals surface area (Å²) in [5.74, 6) is -0.156. The molecule has 0 saturated heterocycles. The molecule has 0 radical (unpaired) electrons. The minimum Gasteiger partial charge on any atom is -0.351 e. The van der Waals surface area contributed by atoms with Crippen LogP contribution in [0.5, 0.6) is 0 Å². The van der Waals surface area contributed by atoms with Crippen LogP contribution in [0.2, 0.25) is 0 Å². The van der Waals surface area contributed by atoms with Crippen molar-refractivity contribution in [2.75, 3.05) is 19.6 Å². The van der Waals surface area contributed by atoms with Crippen LogP contribution in [0, 0.1) is 5.82 Å². The number of nitrogens with one attached hydrogen (secondary N) is 2. The molecule has 3 nitrogen and oxygen atoms in total. The molecular formula is C21H22FN2OS2+. The molecule has 2 atom stereocenters. The zero-order valence-electron chi connectivity index (χ0n) is 14.9. The third-order valence-corrected chi connectivity index (χ3v) is 6.97. The first-order chi connectivity index (χ1) is 13.2. The number of rotatable bonds is 6. The molecule has 3 heterocycles. The Balaban J connectivity index is 1.37. The number of amides is 1. The Morgan fingerprint density at radius 2 is 2.00 bits per heavy atom. The predicted octanol–water partition coefficient (Wildman–Crippen LogP) is 2.84.